The molecule has 0 amide bonds. The van der Waals surface area contributed by atoms with Crippen molar-refractivity contribution in [1.82, 2.24) is 0 Å². The van der Waals surface area contributed by atoms with Crippen LogP contribution in [0.3, 0.4) is 0 Å². The van der Waals surface area contributed by atoms with Gasteiger partial charge in [-0.2, -0.15) is 0 Å². The molecule has 2 rings (SSSR count). The smallest absolute Gasteiger partial charge is 0.346 e. The Kier molecular flexibility index (Phi) is 1.75. The highest BCUT2D eigenvalue weighted by atomic mass is 35.5. The lowest BCUT2D eigenvalue weighted by Crippen LogP contribution is -2.07. The van der Waals surface area contributed by atoms with E-state index in [-0.39, 0.29) is 5.56 Å². The Labute approximate surface area is 82.1 Å². The Hall–Kier alpha value is -1.13. The summed E-state index contributed by atoms with van der Waals surface area (Å²) in [5.74, 6) is -1.18. The fraction of sp³-hybridized carbons (Fsp3) is 0. The quantitative estimate of drug-likeness (QED) is 0.335. The summed E-state index contributed by atoms with van der Waals surface area (Å²) in [4.78, 5) is 22.1. The van der Waals surface area contributed by atoms with Crippen LogP contribution in [0, 0.1) is 0 Å². The predicted molar refractivity (Wildman–Crippen MR) is 50.8 cm³/mol. The number of cyclic esters (lactones) is 2. The highest BCUT2D eigenvalue weighted by Crippen LogP contribution is 2.21. The minimum atomic E-state index is -0.608. The van der Waals surface area contributed by atoms with Gasteiger partial charge in [-0.05, 0) is 12.1 Å². The maximum absolute atomic E-state index is 11.1. The number of esters is 2. The van der Waals surface area contributed by atoms with E-state index < -0.39 is 11.9 Å². The van der Waals surface area contributed by atoms with Gasteiger partial charge in [0.25, 0.3) is 0 Å². The van der Waals surface area contributed by atoms with Gasteiger partial charge in [0.2, 0.25) is 0 Å². The molecule has 1 aromatic carbocycles. The van der Waals surface area contributed by atoms with Gasteiger partial charge in [0, 0.05) is 15.3 Å². The van der Waals surface area contributed by atoms with Gasteiger partial charge in [-0.1, -0.05) is 16.8 Å². The molecule has 3 nitrogen and oxygen atoms in total. The average Bonchev–Trinajstić information content (AvgIpc) is 2.31. The Morgan fingerprint density at radius 2 is 1.69 bits per heavy atom. The molecule has 66 valence electrons. The Morgan fingerprint density at radius 3 is 2.31 bits per heavy atom. The maximum Gasteiger partial charge on any atom is 0.346 e. The Morgan fingerprint density at radius 1 is 1.15 bits per heavy atom. The van der Waals surface area contributed by atoms with Gasteiger partial charge in [0.1, 0.15) is 0 Å². The van der Waals surface area contributed by atoms with Crippen LogP contribution in [0.2, 0.25) is 5.02 Å². The third-order valence-corrected chi connectivity index (χ3v) is 3.48. The number of ether oxygens (including phenoxy) is 1. The topological polar surface area (TPSA) is 43.4 Å². The van der Waals surface area contributed by atoms with Crippen molar-refractivity contribution in [2.24, 2.45) is 0 Å². The highest BCUT2D eigenvalue weighted by molar-refractivity contribution is 6.45. The number of benzene rings is 1. The summed E-state index contributed by atoms with van der Waals surface area (Å²) in [7, 11) is 0.738. The van der Waals surface area contributed by atoms with Crippen LogP contribution >= 0.6 is 11.6 Å². The molecule has 5 heteroatoms. The number of carbonyl (C=O) groups is 2. The van der Waals surface area contributed by atoms with E-state index in [0.29, 0.717) is 10.6 Å². The van der Waals surface area contributed by atoms with Crippen LogP contribution < -0.4 is 5.19 Å². The summed E-state index contributed by atoms with van der Waals surface area (Å²) in [6.45, 7) is 0. The molecular formula is C8H5ClO3Si. The van der Waals surface area contributed by atoms with E-state index in [4.69, 9.17) is 11.6 Å². The second kappa shape index (κ2) is 2.68. The van der Waals surface area contributed by atoms with E-state index >= 15 is 0 Å². The monoisotopic (exact) mass is 212 g/mol. The first-order valence-corrected chi connectivity index (χ1v) is 5.04. The minimum absolute atomic E-state index is 0.273. The van der Waals surface area contributed by atoms with Gasteiger partial charge < -0.3 is 4.74 Å². The fourth-order valence-electron chi connectivity index (χ4n) is 1.21. The van der Waals surface area contributed by atoms with Crippen LogP contribution in [0.25, 0.3) is 0 Å². The van der Waals surface area contributed by atoms with Crippen LogP contribution in [0.1, 0.15) is 20.7 Å². The lowest BCUT2D eigenvalue weighted by Gasteiger charge is -1.97. The first-order chi connectivity index (χ1) is 6.09. The molecule has 0 saturated carbocycles. The van der Waals surface area contributed by atoms with Crippen molar-refractivity contribution in [2.75, 3.05) is 0 Å². The molecule has 0 saturated heterocycles. The molecule has 1 aromatic rings. The van der Waals surface area contributed by atoms with Crippen molar-refractivity contribution < 1.29 is 14.3 Å². The maximum atomic E-state index is 11.1. The predicted octanol–water partition coefficient (Wildman–Crippen LogP) is -0.359. The van der Waals surface area contributed by atoms with Gasteiger partial charge in [0.05, 0.1) is 11.1 Å². The van der Waals surface area contributed by atoms with Crippen molar-refractivity contribution in [3.8, 4) is 0 Å². The molecule has 0 N–H and O–H groups in total. The molecule has 0 atom stereocenters. The number of rotatable bonds is 0. The molecule has 0 bridgehead atoms. The summed E-state index contributed by atoms with van der Waals surface area (Å²) in [5.41, 5.74) is 0.606. The number of carbonyl (C=O) groups excluding carboxylic acids is 2. The summed E-state index contributed by atoms with van der Waals surface area (Å²) < 4.78 is 4.42. The molecule has 1 aliphatic rings. The van der Waals surface area contributed by atoms with Gasteiger partial charge in [-0.25, -0.2) is 9.59 Å². The largest absolute Gasteiger partial charge is 0.386 e. The third-order valence-electron chi connectivity index (χ3n) is 1.92. The zero-order chi connectivity index (χ0) is 9.59. The number of fused-ring (bicyclic) bond motifs is 1. The second-order valence-corrected chi connectivity index (χ2v) is 4.31. The van der Waals surface area contributed by atoms with Gasteiger partial charge in [-0.3, -0.25) is 0 Å². The van der Waals surface area contributed by atoms with E-state index in [1.807, 2.05) is 0 Å². The normalized spacial score (nSPS) is 14.5. The van der Waals surface area contributed by atoms with Crippen LogP contribution in [0.5, 0.6) is 0 Å². The highest BCUT2D eigenvalue weighted by Gasteiger charge is 2.30. The lowest BCUT2D eigenvalue weighted by atomic mass is 10.1. The Balaban J connectivity index is 2.72. The summed E-state index contributed by atoms with van der Waals surface area (Å²) >= 11 is 5.82. The summed E-state index contributed by atoms with van der Waals surface area (Å²) in [5, 5.41) is 1.42. The third kappa shape index (κ3) is 1.18. The standard InChI is InChI=1S/C8H5ClO3Si/c9-5-1-3-4(2-6(5)13)8(11)12-7(3)10/h1-2H,13H3. The summed E-state index contributed by atoms with van der Waals surface area (Å²) in [6.07, 6.45) is 0. The average molecular weight is 213 g/mol. The van der Waals surface area contributed by atoms with E-state index in [9.17, 15) is 9.59 Å². The first kappa shape index (κ1) is 8.46. The molecule has 0 aliphatic carbocycles. The molecule has 1 heterocycles. The van der Waals surface area contributed by atoms with Crippen LogP contribution in [0.15, 0.2) is 12.1 Å². The Bertz CT molecular complexity index is 389. The van der Waals surface area contributed by atoms with Crippen LogP contribution in [0.4, 0.5) is 0 Å². The molecule has 0 radical (unpaired) electrons. The molecule has 0 unspecified atom stereocenters. The first-order valence-electron chi connectivity index (χ1n) is 3.66. The number of hydrogen-bond acceptors (Lipinski definition) is 3. The number of hydrogen-bond donors (Lipinski definition) is 0. The van der Waals surface area contributed by atoms with E-state index in [0.717, 1.165) is 15.4 Å². The van der Waals surface area contributed by atoms with E-state index in [2.05, 4.69) is 4.74 Å². The minimum Gasteiger partial charge on any atom is -0.386 e. The van der Waals surface area contributed by atoms with Crippen LogP contribution in [-0.2, 0) is 4.74 Å². The van der Waals surface area contributed by atoms with Crippen molar-refractivity contribution >= 4 is 39.0 Å². The van der Waals surface area contributed by atoms with E-state index in [1.165, 1.54) is 6.07 Å². The molecular weight excluding hydrogens is 208 g/mol. The molecule has 0 fully saturated rings. The van der Waals surface area contributed by atoms with Gasteiger partial charge >= 0.3 is 11.9 Å². The fourth-order valence-corrected chi connectivity index (χ4v) is 1.81. The van der Waals surface area contributed by atoms with Gasteiger partial charge in [-0.15, -0.1) is 0 Å². The van der Waals surface area contributed by atoms with Gasteiger partial charge in [0.15, 0.2) is 0 Å². The SMILES string of the molecule is O=C1OC(=O)c2cc(Cl)c([SiH3])cc21. The van der Waals surface area contributed by atoms with Crippen molar-refractivity contribution in [1.29, 1.82) is 0 Å². The van der Waals surface area contributed by atoms with Crippen LogP contribution in [-0.4, -0.2) is 22.2 Å². The molecule has 1 aliphatic heterocycles. The van der Waals surface area contributed by atoms with Crippen molar-refractivity contribution in [3.05, 3.63) is 28.3 Å². The lowest BCUT2D eigenvalue weighted by molar-refractivity contribution is 0.0444. The van der Waals surface area contributed by atoms with Crippen molar-refractivity contribution in [3.63, 3.8) is 0 Å². The second-order valence-electron chi connectivity index (χ2n) is 2.82. The van der Waals surface area contributed by atoms with E-state index in [1.54, 1.807) is 6.07 Å². The number of halogens is 1. The zero-order valence-electron chi connectivity index (χ0n) is 6.76. The van der Waals surface area contributed by atoms with Crippen molar-refractivity contribution in [2.45, 2.75) is 0 Å². The molecule has 13 heavy (non-hydrogen) atoms. The molecule has 0 spiro atoms. The summed E-state index contributed by atoms with van der Waals surface area (Å²) in [6, 6.07) is 3.11. The molecule has 0 aromatic heterocycles. The zero-order valence-corrected chi connectivity index (χ0v) is 9.51.